The van der Waals surface area contributed by atoms with Crippen molar-refractivity contribution < 1.29 is 14.3 Å². The van der Waals surface area contributed by atoms with Crippen molar-refractivity contribution in [3.63, 3.8) is 0 Å². The first kappa shape index (κ1) is 26.3. The maximum Gasteiger partial charge on any atom is 0.274 e. The smallest absolute Gasteiger partial charge is 0.274 e. The number of ether oxygens (including phenoxy) is 1. The molecule has 0 spiro atoms. The Labute approximate surface area is 242 Å². The predicted octanol–water partition coefficient (Wildman–Crippen LogP) is 6.83. The molecule has 0 unspecified atom stereocenters. The molecule has 0 radical (unpaired) electrons. The standard InChI is InChI=1S/C24H15BrCl2N6O3S2/c25-16-9-13(26)8-15(23(34)30-11-20-28-5-7-38-20)21(16)31-24(35)18-10-19(36-14-3-6-37-12-14)32-33(18)22-17(27)2-1-4-29-22/h1-10,12H,11H2,(H,30,34)(H,31,35). The van der Waals surface area contributed by atoms with Crippen LogP contribution in [0.15, 0.2) is 69.4 Å². The van der Waals surface area contributed by atoms with Crippen molar-refractivity contribution in [1.82, 2.24) is 25.1 Å². The molecule has 0 aliphatic heterocycles. The van der Waals surface area contributed by atoms with Crippen molar-refractivity contribution in [2.24, 2.45) is 0 Å². The van der Waals surface area contributed by atoms with Crippen LogP contribution in [0.2, 0.25) is 10.0 Å². The molecule has 38 heavy (non-hydrogen) atoms. The summed E-state index contributed by atoms with van der Waals surface area (Å²) in [6, 6.07) is 9.58. The van der Waals surface area contributed by atoms with Crippen LogP contribution >= 0.6 is 61.8 Å². The number of halogens is 3. The van der Waals surface area contributed by atoms with Gasteiger partial charge < -0.3 is 15.4 Å². The van der Waals surface area contributed by atoms with Gasteiger partial charge in [0.2, 0.25) is 5.88 Å². The molecule has 0 atom stereocenters. The quantitative estimate of drug-likeness (QED) is 0.191. The summed E-state index contributed by atoms with van der Waals surface area (Å²) in [5, 5.41) is 16.8. The molecule has 0 saturated heterocycles. The van der Waals surface area contributed by atoms with E-state index in [2.05, 4.69) is 41.6 Å². The second-order valence-electron chi connectivity index (χ2n) is 7.52. The van der Waals surface area contributed by atoms with Gasteiger partial charge in [0.15, 0.2) is 5.82 Å². The van der Waals surface area contributed by atoms with E-state index in [-0.39, 0.29) is 40.2 Å². The third-order valence-corrected chi connectivity index (χ3v) is 7.58. The molecule has 2 N–H and O–H groups in total. The number of anilines is 1. The Morgan fingerprint density at radius 3 is 2.68 bits per heavy atom. The van der Waals surface area contributed by atoms with Crippen LogP contribution in [0.25, 0.3) is 5.82 Å². The van der Waals surface area contributed by atoms with E-state index in [9.17, 15) is 9.59 Å². The second kappa shape index (κ2) is 11.6. The fraction of sp³-hybridized carbons (Fsp3) is 0.0417. The van der Waals surface area contributed by atoms with Crippen LogP contribution in [0.1, 0.15) is 25.9 Å². The van der Waals surface area contributed by atoms with Crippen molar-refractivity contribution in [3.8, 4) is 17.4 Å². The highest BCUT2D eigenvalue weighted by Crippen LogP contribution is 2.32. The zero-order chi connectivity index (χ0) is 26.6. The zero-order valence-corrected chi connectivity index (χ0v) is 23.8. The van der Waals surface area contributed by atoms with Crippen LogP contribution in [0, 0.1) is 0 Å². The number of carbonyl (C=O) groups is 2. The lowest BCUT2D eigenvalue weighted by molar-refractivity contribution is 0.0951. The summed E-state index contributed by atoms with van der Waals surface area (Å²) in [5.74, 6) is -0.0703. The summed E-state index contributed by atoms with van der Waals surface area (Å²) in [5.41, 5.74) is 0.453. The summed E-state index contributed by atoms with van der Waals surface area (Å²) in [6.07, 6.45) is 3.19. The fourth-order valence-electron chi connectivity index (χ4n) is 3.35. The Bertz CT molecular complexity index is 1610. The monoisotopic (exact) mass is 648 g/mol. The summed E-state index contributed by atoms with van der Waals surface area (Å²) in [6.45, 7) is 0.224. The summed E-state index contributed by atoms with van der Waals surface area (Å²) >= 11 is 18.9. The molecular weight excluding hydrogens is 635 g/mol. The molecule has 192 valence electrons. The second-order valence-corrected chi connectivity index (χ2v) is 11.0. The molecular formula is C24H15BrCl2N6O3S2. The van der Waals surface area contributed by atoms with Crippen molar-refractivity contribution in [2.45, 2.75) is 6.54 Å². The number of carbonyl (C=O) groups excluding carboxylic acids is 2. The highest BCUT2D eigenvalue weighted by molar-refractivity contribution is 9.10. The minimum atomic E-state index is -0.587. The number of rotatable bonds is 8. The number of nitrogens with zero attached hydrogens (tertiary/aromatic N) is 4. The van der Waals surface area contributed by atoms with Crippen molar-refractivity contribution >= 4 is 79.3 Å². The highest BCUT2D eigenvalue weighted by atomic mass is 79.9. The molecule has 2 amide bonds. The van der Waals surface area contributed by atoms with E-state index in [1.807, 2.05) is 10.8 Å². The van der Waals surface area contributed by atoms with Gasteiger partial charge in [0.05, 0.1) is 22.8 Å². The number of thiophene rings is 1. The number of pyridine rings is 1. The number of benzene rings is 1. The van der Waals surface area contributed by atoms with Gasteiger partial charge in [0.25, 0.3) is 11.8 Å². The molecule has 1 aromatic carbocycles. The van der Waals surface area contributed by atoms with E-state index >= 15 is 0 Å². The van der Waals surface area contributed by atoms with Crippen LogP contribution in [-0.4, -0.2) is 31.6 Å². The van der Waals surface area contributed by atoms with Gasteiger partial charge in [-0.1, -0.05) is 23.2 Å². The number of nitrogens with one attached hydrogen (secondary N) is 2. The van der Waals surface area contributed by atoms with E-state index in [0.29, 0.717) is 15.2 Å². The number of thiazole rings is 1. The minimum absolute atomic E-state index is 0.0758. The average molecular weight is 650 g/mol. The number of hydrogen-bond acceptors (Lipinski definition) is 8. The van der Waals surface area contributed by atoms with Crippen LogP contribution < -0.4 is 15.4 Å². The van der Waals surface area contributed by atoms with Crippen molar-refractivity contribution in [1.29, 1.82) is 0 Å². The maximum absolute atomic E-state index is 13.6. The molecule has 5 aromatic rings. The molecule has 0 fully saturated rings. The summed E-state index contributed by atoms with van der Waals surface area (Å²) in [4.78, 5) is 35.1. The maximum atomic E-state index is 13.6. The van der Waals surface area contributed by atoms with E-state index in [1.54, 1.807) is 35.8 Å². The van der Waals surface area contributed by atoms with Gasteiger partial charge in [-0.15, -0.1) is 27.8 Å². The van der Waals surface area contributed by atoms with E-state index in [4.69, 9.17) is 27.9 Å². The van der Waals surface area contributed by atoms with Crippen LogP contribution in [0.5, 0.6) is 11.6 Å². The Balaban J connectivity index is 1.48. The number of hydrogen-bond donors (Lipinski definition) is 2. The third kappa shape index (κ3) is 5.89. The first-order valence-corrected chi connectivity index (χ1v) is 14.1. The van der Waals surface area contributed by atoms with Gasteiger partial charge in [-0.05, 0) is 51.6 Å². The zero-order valence-electron chi connectivity index (χ0n) is 19.0. The first-order chi connectivity index (χ1) is 18.4. The van der Waals surface area contributed by atoms with Crippen molar-refractivity contribution in [3.05, 3.63) is 95.7 Å². The van der Waals surface area contributed by atoms with Crippen LogP contribution in [0.3, 0.4) is 0 Å². The molecule has 9 nitrogen and oxygen atoms in total. The third-order valence-electron chi connectivity index (χ3n) is 5.00. The lowest BCUT2D eigenvalue weighted by Gasteiger charge is -2.14. The van der Waals surface area contributed by atoms with Gasteiger partial charge >= 0.3 is 0 Å². The molecule has 0 aliphatic carbocycles. The van der Waals surface area contributed by atoms with E-state index in [0.717, 1.165) is 5.01 Å². The Morgan fingerprint density at radius 1 is 1.08 bits per heavy atom. The molecule has 4 aromatic heterocycles. The molecule has 0 aliphatic rings. The van der Waals surface area contributed by atoms with E-state index in [1.165, 1.54) is 45.7 Å². The first-order valence-electron chi connectivity index (χ1n) is 10.8. The number of amides is 2. The lowest BCUT2D eigenvalue weighted by atomic mass is 10.1. The molecule has 0 saturated carbocycles. The van der Waals surface area contributed by atoms with Gasteiger partial charge in [-0.25, -0.2) is 14.6 Å². The largest absolute Gasteiger partial charge is 0.437 e. The molecule has 5 rings (SSSR count). The summed E-state index contributed by atoms with van der Waals surface area (Å²) in [7, 11) is 0. The Kier molecular flexibility index (Phi) is 8.05. The minimum Gasteiger partial charge on any atom is -0.437 e. The molecule has 14 heteroatoms. The predicted molar refractivity (Wildman–Crippen MR) is 151 cm³/mol. The Hall–Kier alpha value is -3.29. The number of aromatic nitrogens is 4. The molecule has 0 bridgehead atoms. The SMILES string of the molecule is O=C(NCc1nccs1)c1cc(Cl)cc(Br)c1NC(=O)c1cc(Oc2ccsc2)nn1-c1ncccc1Cl. The average Bonchev–Trinajstić information content (AvgIpc) is 3.67. The molecule has 4 heterocycles. The van der Waals surface area contributed by atoms with Gasteiger partial charge in [-0.2, -0.15) is 0 Å². The lowest BCUT2D eigenvalue weighted by Crippen LogP contribution is -2.25. The van der Waals surface area contributed by atoms with E-state index < -0.39 is 11.8 Å². The Morgan fingerprint density at radius 2 is 1.95 bits per heavy atom. The van der Waals surface area contributed by atoms with Gasteiger partial charge in [-0.3, -0.25) is 9.59 Å². The highest BCUT2D eigenvalue weighted by Gasteiger charge is 2.24. The summed E-state index contributed by atoms with van der Waals surface area (Å²) < 4.78 is 7.50. The van der Waals surface area contributed by atoms with Gasteiger partial charge in [0.1, 0.15) is 16.5 Å². The van der Waals surface area contributed by atoms with Gasteiger partial charge in [0, 0.05) is 38.7 Å². The fourth-order valence-corrected chi connectivity index (χ4v) is 5.56. The van der Waals surface area contributed by atoms with Crippen molar-refractivity contribution in [2.75, 3.05) is 5.32 Å². The van der Waals surface area contributed by atoms with Crippen LogP contribution in [0.4, 0.5) is 5.69 Å². The topological polar surface area (TPSA) is 111 Å². The normalized spacial score (nSPS) is 10.8. The van der Waals surface area contributed by atoms with Crippen LogP contribution in [-0.2, 0) is 6.54 Å².